The van der Waals surface area contributed by atoms with Crippen LogP contribution in [0.5, 0.6) is 0 Å². The summed E-state index contributed by atoms with van der Waals surface area (Å²) >= 11 is 7.07. The van der Waals surface area contributed by atoms with E-state index in [1.165, 1.54) is 11.5 Å². The number of hydrogen-bond donors (Lipinski definition) is 0. The first-order valence-corrected chi connectivity index (χ1v) is 6.17. The molecular weight excluding hydrogens is 234 g/mol. The van der Waals surface area contributed by atoms with Crippen LogP contribution in [-0.2, 0) is 11.3 Å². The van der Waals surface area contributed by atoms with Crippen LogP contribution in [0.25, 0.3) is 0 Å². The number of nitrogens with zero attached hydrogens (tertiary/aromatic N) is 3. The van der Waals surface area contributed by atoms with Gasteiger partial charge in [0.25, 0.3) is 0 Å². The lowest BCUT2D eigenvalue weighted by Gasteiger charge is -2.18. The summed E-state index contributed by atoms with van der Waals surface area (Å²) in [6.45, 7) is 1.32. The van der Waals surface area contributed by atoms with Crippen molar-refractivity contribution in [2.75, 3.05) is 6.54 Å². The van der Waals surface area contributed by atoms with Gasteiger partial charge in [-0.05, 0) is 12.8 Å². The van der Waals surface area contributed by atoms with Crippen LogP contribution < -0.4 is 0 Å². The van der Waals surface area contributed by atoms with Crippen LogP contribution in [-0.4, -0.2) is 26.9 Å². The topological polar surface area (TPSA) is 46.1 Å². The minimum atomic E-state index is 0.205. The van der Waals surface area contributed by atoms with E-state index in [0.717, 1.165) is 31.5 Å². The molecule has 82 valence electrons. The molecule has 2 rings (SSSR count). The van der Waals surface area contributed by atoms with Crippen LogP contribution in [0.1, 0.15) is 31.4 Å². The number of carbonyl (C=O) groups excluding carboxylic acids is 1. The van der Waals surface area contributed by atoms with Gasteiger partial charge in [0.1, 0.15) is 10.0 Å². The molecule has 0 aromatic carbocycles. The summed E-state index contributed by atoms with van der Waals surface area (Å²) in [6.07, 6.45) is 3.85. The maximum absolute atomic E-state index is 11.7. The highest BCUT2D eigenvalue weighted by Gasteiger charge is 2.19. The number of hydrogen-bond acceptors (Lipinski definition) is 4. The van der Waals surface area contributed by atoms with Crippen molar-refractivity contribution in [1.82, 2.24) is 14.5 Å². The molecule has 2 heterocycles. The Hall–Kier alpha value is -0.680. The van der Waals surface area contributed by atoms with Crippen molar-refractivity contribution >= 4 is 29.0 Å². The van der Waals surface area contributed by atoms with Crippen LogP contribution in [0.15, 0.2) is 0 Å². The Kier molecular flexibility index (Phi) is 3.53. The lowest BCUT2D eigenvalue weighted by molar-refractivity contribution is -0.131. The van der Waals surface area contributed by atoms with Crippen LogP contribution in [0.2, 0.25) is 4.34 Å². The van der Waals surface area contributed by atoms with Crippen LogP contribution in [0.3, 0.4) is 0 Å². The van der Waals surface area contributed by atoms with Gasteiger partial charge < -0.3 is 4.90 Å². The van der Waals surface area contributed by atoms with E-state index in [1.807, 2.05) is 4.90 Å². The summed E-state index contributed by atoms with van der Waals surface area (Å²) in [5, 5.41) is 3.92. The minimum absolute atomic E-state index is 0.205. The quantitative estimate of drug-likeness (QED) is 0.802. The molecule has 0 N–H and O–H groups in total. The lowest BCUT2D eigenvalue weighted by atomic mass is 10.2. The fourth-order valence-corrected chi connectivity index (χ4v) is 2.29. The van der Waals surface area contributed by atoms with Gasteiger partial charge in [-0.15, -0.1) is 5.10 Å². The summed E-state index contributed by atoms with van der Waals surface area (Å²) in [6, 6.07) is 0. The van der Waals surface area contributed by atoms with Gasteiger partial charge in [-0.3, -0.25) is 4.79 Å². The highest BCUT2D eigenvalue weighted by molar-refractivity contribution is 7.10. The van der Waals surface area contributed by atoms with Crippen molar-refractivity contribution in [3.05, 3.63) is 10.0 Å². The van der Waals surface area contributed by atoms with E-state index in [4.69, 9.17) is 11.6 Å². The van der Waals surface area contributed by atoms with Gasteiger partial charge in [0.15, 0.2) is 0 Å². The fourth-order valence-electron chi connectivity index (χ4n) is 1.68. The molecule has 1 aliphatic rings. The minimum Gasteiger partial charge on any atom is -0.337 e. The van der Waals surface area contributed by atoms with E-state index in [1.54, 1.807) is 0 Å². The Bertz CT molecular complexity index is 355. The van der Waals surface area contributed by atoms with E-state index in [2.05, 4.69) is 9.59 Å². The number of halogens is 1. The lowest BCUT2D eigenvalue weighted by Crippen LogP contribution is -2.29. The molecule has 0 atom stereocenters. The number of likely N-dealkylation sites (tertiary alicyclic amines) is 1. The third kappa shape index (κ3) is 2.66. The second-order valence-electron chi connectivity index (χ2n) is 3.62. The van der Waals surface area contributed by atoms with E-state index in [0.29, 0.717) is 17.3 Å². The summed E-state index contributed by atoms with van der Waals surface area (Å²) in [5.41, 5.74) is 0.719. The molecule has 0 saturated carbocycles. The Balaban J connectivity index is 2.03. The van der Waals surface area contributed by atoms with Crippen molar-refractivity contribution in [3.8, 4) is 0 Å². The van der Waals surface area contributed by atoms with Crippen molar-refractivity contribution in [2.24, 2.45) is 0 Å². The highest BCUT2D eigenvalue weighted by Crippen LogP contribution is 2.20. The van der Waals surface area contributed by atoms with Crippen LogP contribution in [0, 0.1) is 0 Å². The molecule has 0 unspecified atom stereocenters. The monoisotopic (exact) mass is 245 g/mol. The van der Waals surface area contributed by atoms with Gasteiger partial charge >= 0.3 is 0 Å². The number of amides is 1. The molecule has 1 amide bonds. The Labute approximate surface area is 97.4 Å². The van der Waals surface area contributed by atoms with E-state index < -0.39 is 0 Å². The average Bonchev–Trinajstić information content (AvgIpc) is 2.50. The summed E-state index contributed by atoms with van der Waals surface area (Å²) in [7, 11) is 0. The fraction of sp³-hybridized carbons (Fsp3) is 0.667. The average molecular weight is 246 g/mol. The Morgan fingerprint density at radius 2 is 2.27 bits per heavy atom. The molecule has 1 saturated heterocycles. The Morgan fingerprint density at radius 1 is 1.40 bits per heavy atom. The number of rotatable bonds is 2. The standard InChI is InChI=1S/C9H12ClN3OS/c10-9-7(11-12-15-9)6-13-5-3-1-2-4-8(13)14/h1-6H2. The molecule has 6 heteroatoms. The first-order chi connectivity index (χ1) is 7.27. The van der Waals surface area contributed by atoms with Crippen molar-refractivity contribution in [1.29, 1.82) is 0 Å². The SMILES string of the molecule is O=C1CCCCCN1Cc1nnsc1Cl. The van der Waals surface area contributed by atoms with Crippen molar-refractivity contribution < 1.29 is 4.79 Å². The Morgan fingerprint density at radius 3 is 3.00 bits per heavy atom. The van der Waals surface area contributed by atoms with Gasteiger partial charge in [0.2, 0.25) is 5.91 Å². The van der Waals surface area contributed by atoms with Crippen molar-refractivity contribution in [2.45, 2.75) is 32.2 Å². The summed E-state index contributed by atoms with van der Waals surface area (Å²) < 4.78 is 4.35. The molecule has 0 spiro atoms. The third-order valence-electron chi connectivity index (χ3n) is 2.52. The van der Waals surface area contributed by atoms with Gasteiger partial charge in [0, 0.05) is 24.5 Å². The van der Waals surface area contributed by atoms with Gasteiger partial charge in [-0.25, -0.2) is 0 Å². The zero-order chi connectivity index (χ0) is 10.7. The van der Waals surface area contributed by atoms with Gasteiger partial charge in [-0.2, -0.15) is 0 Å². The molecule has 1 aromatic rings. The molecule has 1 fully saturated rings. The second-order valence-corrected chi connectivity index (χ2v) is 4.98. The molecule has 0 aliphatic carbocycles. The van der Waals surface area contributed by atoms with E-state index >= 15 is 0 Å². The predicted octanol–water partition coefficient (Wildman–Crippen LogP) is 2.09. The molecule has 1 aromatic heterocycles. The molecule has 0 bridgehead atoms. The second kappa shape index (κ2) is 4.90. The maximum atomic E-state index is 11.7. The molecule has 1 aliphatic heterocycles. The first kappa shape index (κ1) is 10.8. The smallest absolute Gasteiger partial charge is 0.222 e. The molecular formula is C9H12ClN3OS. The van der Waals surface area contributed by atoms with E-state index in [9.17, 15) is 4.79 Å². The third-order valence-corrected chi connectivity index (χ3v) is 3.51. The normalized spacial score (nSPS) is 17.9. The van der Waals surface area contributed by atoms with Crippen LogP contribution in [0.4, 0.5) is 0 Å². The summed E-state index contributed by atoms with van der Waals surface area (Å²) in [4.78, 5) is 13.5. The predicted molar refractivity (Wildman–Crippen MR) is 58.8 cm³/mol. The zero-order valence-corrected chi connectivity index (χ0v) is 9.85. The molecule has 15 heavy (non-hydrogen) atoms. The van der Waals surface area contributed by atoms with Gasteiger partial charge in [0.05, 0.1) is 6.54 Å². The zero-order valence-electron chi connectivity index (χ0n) is 8.28. The highest BCUT2D eigenvalue weighted by atomic mass is 35.5. The van der Waals surface area contributed by atoms with Gasteiger partial charge in [-0.1, -0.05) is 22.5 Å². The molecule has 4 nitrogen and oxygen atoms in total. The maximum Gasteiger partial charge on any atom is 0.222 e. The van der Waals surface area contributed by atoms with Crippen molar-refractivity contribution in [3.63, 3.8) is 0 Å². The largest absolute Gasteiger partial charge is 0.337 e. The first-order valence-electron chi connectivity index (χ1n) is 5.02. The summed E-state index contributed by atoms with van der Waals surface area (Å²) in [5.74, 6) is 0.205. The van der Waals surface area contributed by atoms with E-state index in [-0.39, 0.29) is 5.91 Å². The number of carbonyl (C=O) groups is 1. The molecule has 0 radical (unpaired) electrons. The number of aromatic nitrogens is 2. The van der Waals surface area contributed by atoms with Crippen LogP contribution >= 0.6 is 23.1 Å².